The quantitative estimate of drug-likeness (QED) is 0.656. The summed E-state index contributed by atoms with van der Waals surface area (Å²) in [6, 6.07) is 4.68. The summed E-state index contributed by atoms with van der Waals surface area (Å²) in [5.74, 6) is 1.72. The van der Waals surface area contributed by atoms with Crippen molar-refractivity contribution >= 4 is 0 Å². The maximum absolute atomic E-state index is 4.37. The third-order valence-corrected chi connectivity index (χ3v) is 3.40. The van der Waals surface area contributed by atoms with Gasteiger partial charge < -0.3 is 0 Å². The minimum atomic E-state index is 0.642. The Morgan fingerprint density at radius 1 is 1.29 bits per heavy atom. The van der Waals surface area contributed by atoms with Crippen LogP contribution in [-0.4, -0.2) is 5.10 Å². The fourth-order valence-electron chi connectivity index (χ4n) is 2.39. The first-order valence-corrected chi connectivity index (χ1v) is 5.60. The van der Waals surface area contributed by atoms with Gasteiger partial charge in [0.2, 0.25) is 0 Å². The molecule has 0 radical (unpaired) electrons. The zero-order chi connectivity index (χ0) is 9.97. The van der Waals surface area contributed by atoms with Gasteiger partial charge in [0, 0.05) is 18.9 Å². The monoisotopic (exact) mass is 191 g/mol. The Hall–Kier alpha value is -0.920. The highest BCUT2D eigenvalue weighted by Crippen LogP contribution is 2.35. The van der Waals surface area contributed by atoms with Gasteiger partial charge in [0.1, 0.15) is 0 Å². The van der Waals surface area contributed by atoms with Gasteiger partial charge in [-0.2, -0.15) is 0 Å². The van der Waals surface area contributed by atoms with E-state index in [4.69, 9.17) is 0 Å². The molecule has 0 N–H and O–H groups in total. The SMILES string of the molecule is CC(C)C1CCC([n+]2ccccn2)C1. The molecule has 0 spiro atoms. The number of aromatic nitrogens is 2. The average Bonchev–Trinajstić information content (AvgIpc) is 2.68. The summed E-state index contributed by atoms with van der Waals surface area (Å²) >= 11 is 0. The Bertz CT molecular complexity index is 282. The lowest BCUT2D eigenvalue weighted by Gasteiger charge is -2.11. The van der Waals surface area contributed by atoms with E-state index in [1.807, 2.05) is 12.3 Å². The zero-order valence-corrected chi connectivity index (χ0v) is 9.06. The first-order chi connectivity index (χ1) is 6.77. The lowest BCUT2D eigenvalue weighted by atomic mass is 9.94. The molecule has 2 heteroatoms. The molecule has 1 aromatic heterocycles. The van der Waals surface area contributed by atoms with E-state index in [0.717, 1.165) is 11.8 Å². The number of hydrogen-bond donors (Lipinski definition) is 0. The van der Waals surface area contributed by atoms with Crippen molar-refractivity contribution in [1.82, 2.24) is 5.10 Å². The topological polar surface area (TPSA) is 16.8 Å². The maximum Gasteiger partial charge on any atom is 0.196 e. The van der Waals surface area contributed by atoms with Crippen molar-refractivity contribution in [2.24, 2.45) is 11.8 Å². The summed E-state index contributed by atoms with van der Waals surface area (Å²) in [6.07, 6.45) is 7.94. The molecule has 14 heavy (non-hydrogen) atoms. The number of rotatable bonds is 2. The smallest absolute Gasteiger partial charge is 0.0887 e. The molecular formula is C12H19N2+. The van der Waals surface area contributed by atoms with Crippen LogP contribution in [0.4, 0.5) is 0 Å². The second kappa shape index (κ2) is 4.07. The molecule has 2 rings (SSSR count). The van der Waals surface area contributed by atoms with Crippen molar-refractivity contribution < 1.29 is 4.68 Å². The molecule has 1 heterocycles. The molecule has 0 bridgehead atoms. The van der Waals surface area contributed by atoms with Crippen molar-refractivity contribution in [3.05, 3.63) is 24.5 Å². The molecule has 0 amide bonds. The largest absolute Gasteiger partial charge is 0.196 e. The molecule has 0 saturated heterocycles. The van der Waals surface area contributed by atoms with E-state index in [1.165, 1.54) is 19.3 Å². The highest BCUT2D eigenvalue weighted by molar-refractivity contribution is 4.79. The Kier molecular flexibility index (Phi) is 2.80. The van der Waals surface area contributed by atoms with Gasteiger partial charge in [-0.25, -0.2) is 0 Å². The number of hydrogen-bond acceptors (Lipinski definition) is 1. The molecule has 2 unspecified atom stereocenters. The van der Waals surface area contributed by atoms with E-state index >= 15 is 0 Å². The van der Waals surface area contributed by atoms with Gasteiger partial charge >= 0.3 is 0 Å². The van der Waals surface area contributed by atoms with Crippen LogP contribution in [-0.2, 0) is 0 Å². The zero-order valence-electron chi connectivity index (χ0n) is 9.06. The van der Waals surface area contributed by atoms with Crippen LogP contribution in [0.3, 0.4) is 0 Å². The van der Waals surface area contributed by atoms with Gasteiger partial charge in [0.05, 0.1) is 6.20 Å². The maximum atomic E-state index is 4.37. The van der Waals surface area contributed by atoms with Gasteiger partial charge in [0.25, 0.3) is 0 Å². The van der Waals surface area contributed by atoms with Crippen LogP contribution in [0.5, 0.6) is 0 Å². The van der Waals surface area contributed by atoms with Crippen LogP contribution in [0.25, 0.3) is 0 Å². The van der Waals surface area contributed by atoms with E-state index in [0.29, 0.717) is 6.04 Å². The Morgan fingerprint density at radius 3 is 2.71 bits per heavy atom. The molecule has 1 aliphatic carbocycles. The summed E-state index contributed by atoms with van der Waals surface area (Å²) in [7, 11) is 0. The van der Waals surface area contributed by atoms with Crippen LogP contribution >= 0.6 is 0 Å². The molecular weight excluding hydrogens is 172 g/mol. The van der Waals surface area contributed by atoms with E-state index in [9.17, 15) is 0 Å². The van der Waals surface area contributed by atoms with Crippen LogP contribution in [0, 0.1) is 11.8 Å². The fourth-order valence-corrected chi connectivity index (χ4v) is 2.39. The highest BCUT2D eigenvalue weighted by Gasteiger charge is 2.33. The predicted octanol–water partition coefficient (Wildman–Crippen LogP) is 2.37. The van der Waals surface area contributed by atoms with E-state index in [2.05, 4.69) is 35.9 Å². The summed E-state index contributed by atoms with van der Waals surface area (Å²) in [6.45, 7) is 4.66. The van der Waals surface area contributed by atoms with Crippen LogP contribution in [0.15, 0.2) is 24.5 Å². The number of nitrogens with zero attached hydrogens (tertiary/aromatic N) is 2. The standard InChI is InChI=1S/C12H19N2/c1-10(2)11-5-6-12(9-11)14-8-4-3-7-13-14/h3-4,7-8,10-12H,5-6,9H2,1-2H3/q+1. The first-order valence-electron chi connectivity index (χ1n) is 5.60. The van der Waals surface area contributed by atoms with Crippen LogP contribution in [0.1, 0.15) is 39.2 Å². The Morgan fingerprint density at radius 2 is 2.14 bits per heavy atom. The van der Waals surface area contributed by atoms with E-state index in [1.54, 1.807) is 0 Å². The van der Waals surface area contributed by atoms with Gasteiger partial charge in [-0.15, -0.1) is 0 Å². The van der Waals surface area contributed by atoms with Crippen molar-refractivity contribution in [1.29, 1.82) is 0 Å². The molecule has 2 nitrogen and oxygen atoms in total. The minimum Gasteiger partial charge on any atom is -0.0887 e. The Labute approximate surface area is 86.0 Å². The molecule has 0 aliphatic heterocycles. The summed E-state index contributed by atoms with van der Waals surface area (Å²) in [5, 5.41) is 4.37. The molecule has 1 aromatic rings. The van der Waals surface area contributed by atoms with Gasteiger partial charge in [-0.05, 0) is 29.4 Å². The molecule has 0 aromatic carbocycles. The molecule has 1 saturated carbocycles. The van der Waals surface area contributed by atoms with Crippen LogP contribution < -0.4 is 4.68 Å². The normalized spacial score (nSPS) is 27.1. The second-order valence-electron chi connectivity index (χ2n) is 4.65. The van der Waals surface area contributed by atoms with Gasteiger partial charge in [-0.1, -0.05) is 18.5 Å². The Balaban J connectivity index is 2.03. The summed E-state index contributed by atoms with van der Waals surface area (Å²) in [4.78, 5) is 0. The molecule has 1 aliphatic rings. The first kappa shape index (κ1) is 9.63. The minimum absolute atomic E-state index is 0.642. The van der Waals surface area contributed by atoms with E-state index in [-0.39, 0.29) is 0 Å². The summed E-state index contributed by atoms with van der Waals surface area (Å²) in [5.41, 5.74) is 0. The highest BCUT2D eigenvalue weighted by atomic mass is 15.3. The molecule has 1 fully saturated rings. The summed E-state index contributed by atoms with van der Waals surface area (Å²) < 4.78 is 2.13. The van der Waals surface area contributed by atoms with E-state index < -0.39 is 0 Å². The predicted molar refractivity (Wildman–Crippen MR) is 55.6 cm³/mol. The second-order valence-corrected chi connectivity index (χ2v) is 4.65. The van der Waals surface area contributed by atoms with Crippen molar-refractivity contribution in [2.75, 3.05) is 0 Å². The lowest BCUT2D eigenvalue weighted by Crippen LogP contribution is -2.41. The van der Waals surface area contributed by atoms with Crippen molar-refractivity contribution in [3.8, 4) is 0 Å². The van der Waals surface area contributed by atoms with Gasteiger partial charge in [0.15, 0.2) is 12.2 Å². The van der Waals surface area contributed by atoms with Crippen LogP contribution in [0.2, 0.25) is 0 Å². The lowest BCUT2D eigenvalue weighted by molar-refractivity contribution is -0.776. The van der Waals surface area contributed by atoms with Crippen molar-refractivity contribution in [3.63, 3.8) is 0 Å². The molecule has 76 valence electrons. The molecule has 2 atom stereocenters. The third kappa shape index (κ3) is 1.94. The van der Waals surface area contributed by atoms with Crippen molar-refractivity contribution in [2.45, 2.75) is 39.2 Å². The fraction of sp³-hybridized carbons (Fsp3) is 0.667. The van der Waals surface area contributed by atoms with Gasteiger partial charge in [-0.3, -0.25) is 0 Å². The third-order valence-electron chi connectivity index (χ3n) is 3.40. The average molecular weight is 191 g/mol.